The lowest BCUT2D eigenvalue weighted by Gasteiger charge is -2.18. The van der Waals surface area contributed by atoms with Crippen LogP contribution in [0.5, 0.6) is 0 Å². The SMILES string of the molecule is CCC(C#N)(CO)C(=O)OCO. The maximum absolute atomic E-state index is 11.0. The number of aliphatic hydroxyl groups excluding tert-OH is 2. The second-order valence-corrected chi connectivity index (χ2v) is 2.27. The average molecular weight is 173 g/mol. The van der Waals surface area contributed by atoms with E-state index < -0.39 is 24.8 Å². The number of nitriles is 1. The van der Waals surface area contributed by atoms with Gasteiger partial charge in [-0.15, -0.1) is 0 Å². The van der Waals surface area contributed by atoms with Crippen molar-refractivity contribution in [3.63, 3.8) is 0 Å². The monoisotopic (exact) mass is 173 g/mol. The normalized spacial score (nSPS) is 14.5. The Kier molecular flexibility index (Phi) is 4.26. The van der Waals surface area contributed by atoms with Gasteiger partial charge in [0, 0.05) is 0 Å². The Hall–Kier alpha value is -1.12. The molecule has 1 unspecified atom stereocenters. The number of carbonyl (C=O) groups is 1. The summed E-state index contributed by atoms with van der Waals surface area (Å²) in [6.45, 7) is 0.208. The number of hydrogen-bond donors (Lipinski definition) is 2. The maximum Gasteiger partial charge on any atom is 0.330 e. The van der Waals surface area contributed by atoms with Gasteiger partial charge >= 0.3 is 5.97 Å². The van der Waals surface area contributed by atoms with Crippen LogP contribution in [0.15, 0.2) is 0 Å². The van der Waals surface area contributed by atoms with Gasteiger partial charge in [0.05, 0.1) is 12.7 Å². The molecule has 2 N–H and O–H groups in total. The van der Waals surface area contributed by atoms with Crippen LogP contribution in [-0.4, -0.2) is 29.6 Å². The van der Waals surface area contributed by atoms with E-state index in [0.717, 1.165) is 0 Å². The first kappa shape index (κ1) is 10.9. The van der Waals surface area contributed by atoms with Crippen LogP contribution < -0.4 is 0 Å². The van der Waals surface area contributed by atoms with Gasteiger partial charge in [0.15, 0.2) is 12.2 Å². The molecular formula is C7H11NO4. The Morgan fingerprint density at radius 2 is 2.25 bits per heavy atom. The van der Waals surface area contributed by atoms with Crippen LogP contribution in [0.1, 0.15) is 13.3 Å². The van der Waals surface area contributed by atoms with Crippen molar-refractivity contribution in [1.82, 2.24) is 0 Å². The van der Waals surface area contributed by atoms with Gasteiger partial charge in [-0.25, -0.2) is 0 Å². The molecule has 0 rings (SSSR count). The van der Waals surface area contributed by atoms with E-state index in [1.54, 1.807) is 13.0 Å². The number of aliphatic hydroxyl groups is 2. The van der Waals surface area contributed by atoms with Crippen molar-refractivity contribution in [2.75, 3.05) is 13.4 Å². The number of nitrogens with zero attached hydrogens (tertiary/aromatic N) is 1. The Bertz CT molecular complexity index is 192. The third-order valence-corrected chi connectivity index (χ3v) is 1.67. The Balaban J connectivity index is 4.51. The predicted octanol–water partition coefficient (Wildman–Crippen LogP) is -0.608. The molecule has 0 spiro atoms. The van der Waals surface area contributed by atoms with Gasteiger partial charge in [-0.2, -0.15) is 5.26 Å². The first-order valence-corrected chi connectivity index (χ1v) is 3.47. The standard InChI is InChI=1S/C7H11NO4/c1-2-7(3-8,4-9)6(11)12-5-10/h9-10H,2,4-5H2,1H3. The second-order valence-electron chi connectivity index (χ2n) is 2.27. The van der Waals surface area contributed by atoms with E-state index in [4.69, 9.17) is 15.5 Å². The topological polar surface area (TPSA) is 90.5 Å². The number of rotatable bonds is 4. The number of hydrogen-bond acceptors (Lipinski definition) is 5. The highest BCUT2D eigenvalue weighted by Crippen LogP contribution is 2.21. The lowest BCUT2D eigenvalue weighted by atomic mass is 9.88. The lowest BCUT2D eigenvalue weighted by Crippen LogP contribution is -2.34. The minimum absolute atomic E-state index is 0.152. The highest BCUT2D eigenvalue weighted by Gasteiger charge is 2.38. The van der Waals surface area contributed by atoms with Gasteiger partial charge in [-0.3, -0.25) is 4.79 Å². The fourth-order valence-corrected chi connectivity index (χ4v) is 0.678. The summed E-state index contributed by atoms with van der Waals surface area (Å²) in [5, 5.41) is 25.6. The van der Waals surface area contributed by atoms with E-state index in [1.807, 2.05) is 0 Å². The van der Waals surface area contributed by atoms with Crippen LogP contribution in [0.2, 0.25) is 0 Å². The Morgan fingerprint density at radius 3 is 2.50 bits per heavy atom. The van der Waals surface area contributed by atoms with E-state index in [2.05, 4.69) is 4.74 Å². The molecule has 1 atom stereocenters. The van der Waals surface area contributed by atoms with E-state index in [-0.39, 0.29) is 6.42 Å². The summed E-state index contributed by atoms with van der Waals surface area (Å²) in [5.74, 6) is -0.891. The van der Waals surface area contributed by atoms with Crippen LogP contribution in [0.3, 0.4) is 0 Å². The molecule has 68 valence electrons. The quantitative estimate of drug-likeness (QED) is 0.437. The molecule has 5 heteroatoms. The molecule has 12 heavy (non-hydrogen) atoms. The summed E-state index contributed by atoms with van der Waals surface area (Å²) in [6, 6.07) is 1.66. The average Bonchev–Trinajstić information content (AvgIpc) is 2.09. The van der Waals surface area contributed by atoms with Crippen LogP contribution in [-0.2, 0) is 9.53 Å². The first-order chi connectivity index (χ1) is 5.66. The van der Waals surface area contributed by atoms with E-state index in [9.17, 15) is 4.79 Å². The molecule has 0 aliphatic rings. The fourth-order valence-electron chi connectivity index (χ4n) is 0.678. The van der Waals surface area contributed by atoms with Crippen LogP contribution in [0.25, 0.3) is 0 Å². The van der Waals surface area contributed by atoms with Crippen molar-refractivity contribution in [3.8, 4) is 6.07 Å². The number of ether oxygens (including phenoxy) is 1. The van der Waals surface area contributed by atoms with Crippen molar-refractivity contribution in [3.05, 3.63) is 0 Å². The summed E-state index contributed by atoms with van der Waals surface area (Å²) in [4.78, 5) is 11.0. The summed E-state index contributed by atoms with van der Waals surface area (Å²) in [7, 11) is 0. The molecular weight excluding hydrogens is 162 g/mol. The molecule has 0 radical (unpaired) electrons. The van der Waals surface area contributed by atoms with Gasteiger partial charge in [0.2, 0.25) is 0 Å². The van der Waals surface area contributed by atoms with Crippen molar-refractivity contribution in [2.24, 2.45) is 5.41 Å². The summed E-state index contributed by atoms with van der Waals surface area (Å²) in [6.07, 6.45) is 0.152. The zero-order valence-corrected chi connectivity index (χ0v) is 6.78. The predicted molar refractivity (Wildman–Crippen MR) is 38.6 cm³/mol. The maximum atomic E-state index is 11.0. The zero-order valence-electron chi connectivity index (χ0n) is 6.78. The molecule has 0 aromatic rings. The molecule has 0 aliphatic heterocycles. The van der Waals surface area contributed by atoms with Gasteiger partial charge in [0.25, 0.3) is 0 Å². The molecule has 0 saturated heterocycles. The third-order valence-electron chi connectivity index (χ3n) is 1.67. The molecule has 0 aromatic heterocycles. The molecule has 0 aliphatic carbocycles. The fraction of sp³-hybridized carbons (Fsp3) is 0.714. The Morgan fingerprint density at radius 1 is 1.67 bits per heavy atom. The molecule has 0 fully saturated rings. The van der Waals surface area contributed by atoms with Gasteiger partial charge in [-0.05, 0) is 6.42 Å². The van der Waals surface area contributed by atoms with E-state index in [0.29, 0.717) is 0 Å². The molecule has 0 aromatic carbocycles. The van der Waals surface area contributed by atoms with Gasteiger partial charge in [-0.1, -0.05) is 6.92 Å². The van der Waals surface area contributed by atoms with Gasteiger partial charge < -0.3 is 14.9 Å². The van der Waals surface area contributed by atoms with Crippen molar-refractivity contribution >= 4 is 5.97 Å². The molecule has 0 saturated carbocycles. The minimum atomic E-state index is -1.53. The zero-order chi connectivity index (χ0) is 9.61. The van der Waals surface area contributed by atoms with E-state index >= 15 is 0 Å². The van der Waals surface area contributed by atoms with E-state index in [1.165, 1.54) is 0 Å². The molecule has 0 bridgehead atoms. The highest BCUT2D eigenvalue weighted by atomic mass is 16.6. The summed E-state index contributed by atoms with van der Waals surface area (Å²) >= 11 is 0. The summed E-state index contributed by atoms with van der Waals surface area (Å²) < 4.78 is 4.21. The number of esters is 1. The highest BCUT2D eigenvalue weighted by molar-refractivity contribution is 5.80. The van der Waals surface area contributed by atoms with Crippen LogP contribution in [0, 0.1) is 16.7 Å². The van der Waals surface area contributed by atoms with Crippen LogP contribution >= 0.6 is 0 Å². The summed E-state index contributed by atoms with van der Waals surface area (Å²) in [5.41, 5.74) is -1.53. The first-order valence-electron chi connectivity index (χ1n) is 3.47. The van der Waals surface area contributed by atoms with Crippen molar-refractivity contribution in [2.45, 2.75) is 13.3 Å². The van der Waals surface area contributed by atoms with Crippen molar-refractivity contribution in [1.29, 1.82) is 5.26 Å². The third kappa shape index (κ3) is 1.94. The van der Waals surface area contributed by atoms with Gasteiger partial charge in [0.1, 0.15) is 0 Å². The second kappa shape index (κ2) is 4.70. The number of carbonyl (C=O) groups excluding carboxylic acids is 1. The molecule has 0 amide bonds. The minimum Gasteiger partial charge on any atom is -0.437 e. The van der Waals surface area contributed by atoms with Crippen molar-refractivity contribution < 1.29 is 19.7 Å². The molecule has 5 nitrogen and oxygen atoms in total. The lowest BCUT2D eigenvalue weighted by molar-refractivity contribution is -0.163. The largest absolute Gasteiger partial charge is 0.437 e. The molecule has 0 heterocycles. The smallest absolute Gasteiger partial charge is 0.330 e. The Labute approximate surface area is 70.2 Å². The van der Waals surface area contributed by atoms with Crippen LogP contribution in [0.4, 0.5) is 0 Å².